The fraction of sp³-hybridized carbons (Fsp3) is 0.464. The second kappa shape index (κ2) is 11.2. The van der Waals surface area contributed by atoms with E-state index in [1.54, 1.807) is 13.8 Å². The van der Waals surface area contributed by atoms with E-state index in [0.29, 0.717) is 19.3 Å². The number of phenols is 3. The molecule has 0 radical (unpaired) electrons. The molecule has 0 bridgehead atoms. The summed E-state index contributed by atoms with van der Waals surface area (Å²) in [6.45, 7) is 6.07. The number of hydrogen-bond acceptors (Lipinski definition) is 9. The number of β-amino-alcohol motifs (C(OH)–C–C–N with tert-alkyl or cyclic N) is 1. The fourth-order valence-electron chi connectivity index (χ4n) is 4.32. The molecular formula is C28H38N2O8. The summed E-state index contributed by atoms with van der Waals surface area (Å²) in [5, 5.41) is 75.7. The summed E-state index contributed by atoms with van der Waals surface area (Å²) in [5.74, 6) is -1.51. The van der Waals surface area contributed by atoms with Gasteiger partial charge >= 0.3 is 0 Å². The van der Waals surface area contributed by atoms with Gasteiger partial charge in [0.05, 0.1) is 40.8 Å². The van der Waals surface area contributed by atoms with Gasteiger partial charge in [-0.05, 0) is 65.5 Å². The molecule has 0 saturated heterocycles. The number of aliphatic hydroxyl groups excluding tert-OH is 2. The molecule has 8 N–H and O–H groups in total. The molecule has 2 aromatic carbocycles. The first-order chi connectivity index (χ1) is 17.6. The zero-order chi connectivity index (χ0) is 28.4. The Balaban J connectivity index is 1.78. The highest BCUT2D eigenvalue weighted by atomic mass is 16.3. The van der Waals surface area contributed by atoms with Crippen LogP contribution >= 0.6 is 0 Å². The summed E-state index contributed by atoms with van der Waals surface area (Å²) in [4.78, 5) is 14.7. The molecule has 3 unspecified atom stereocenters. The number of nitrogens with one attached hydrogen (secondary N) is 1. The summed E-state index contributed by atoms with van der Waals surface area (Å²) in [7, 11) is 0. The van der Waals surface area contributed by atoms with E-state index in [1.807, 2.05) is 13.0 Å². The van der Waals surface area contributed by atoms with Crippen LogP contribution in [0.15, 0.2) is 42.0 Å². The number of para-hydroxylation sites is 1. The average Bonchev–Trinajstić information content (AvgIpc) is 2.93. The van der Waals surface area contributed by atoms with Crippen LogP contribution in [-0.2, 0) is 0 Å². The quantitative estimate of drug-likeness (QED) is 0.130. The zero-order valence-corrected chi connectivity index (χ0v) is 22.1. The lowest BCUT2D eigenvalue weighted by Crippen LogP contribution is -2.48. The van der Waals surface area contributed by atoms with Gasteiger partial charge in [0.2, 0.25) is 0 Å². The molecule has 2 aromatic rings. The van der Waals surface area contributed by atoms with Gasteiger partial charge in [0.1, 0.15) is 29.0 Å². The Kier molecular flexibility index (Phi) is 8.62. The second-order valence-electron chi connectivity index (χ2n) is 10.8. The van der Waals surface area contributed by atoms with Gasteiger partial charge in [0, 0.05) is 12.1 Å². The maximum Gasteiger partial charge on any atom is 0.260 e. The molecule has 1 aliphatic heterocycles. The number of phenolic OH excluding ortho intramolecular Hbond substituents is 3. The lowest BCUT2D eigenvalue weighted by Gasteiger charge is -2.33. The van der Waals surface area contributed by atoms with E-state index >= 15 is 0 Å². The molecule has 0 aromatic heterocycles. The fourth-order valence-corrected chi connectivity index (χ4v) is 4.32. The van der Waals surface area contributed by atoms with Gasteiger partial charge in [-0.25, -0.2) is 0 Å². The number of fused-ring (bicyclic) bond motifs is 2. The first kappa shape index (κ1) is 29.2. The van der Waals surface area contributed by atoms with E-state index in [1.165, 1.54) is 31.2 Å². The molecular weight excluding hydrogens is 492 g/mol. The standard InChI is InChI=1S/C28H38N2O8/c1-16(10-11-22(34)27(2,3)37)7-6-12-28(4,38)23(35)15-30-19-13-17(31)14-21(33)25(19)29-24-18(26(30)36)8-5-9-20(24)32/h5,7-9,13-14,22-23,29,31-35,37-38H,6,10-12,15H2,1-4H3. The van der Waals surface area contributed by atoms with Crippen molar-refractivity contribution in [1.82, 2.24) is 0 Å². The second-order valence-corrected chi connectivity index (χ2v) is 10.8. The maximum absolute atomic E-state index is 13.5. The number of aromatic hydroxyl groups is 3. The van der Waals surface area contributed by atoms with Crippen LogP contribution < -0.4 is 10.2 Å². The highest BCUT2D eigenvalue weighted by Gasteiger charge is 2.37. The van der Waals surface area contributed by atoms with Crippen molar-refractivity contribution in [3.05, 3.63) is 47.5 Å². The smallest absolute Gasteiger partial charge is 0.260 e. The first-order valence-corrected chi connectivity index (χ1v) is 12.5. The molecule has 1 amide bonds. The Hall–Kier alpha value is -3.31. The number of anilines is 3. The molecule has 1 heterocycles. The molecule has 38 heavy (non-hydrogen) atoms. The number of rotatable bonds is 10. The molecule has 10 heteroatoms. The summed E-state index contributed by atoms with van der Waals surface area (Å²) in [5.41, 5.74) is -1.57. The lowest BCUT2D eigenvalue weighted by molar-refractivity contribution is -0.0613. The van der Waals surface area contributed by atoms with E-state index in [9.17, 15) is 40.5 Å². The monoisotopic (exact) mass is 530 g/mol. The minimum absolute atomic E-state index is 0.0510. The molecule has 0 spiro atoms. The summed E-state index contributed by atoms with van der Waals surface area (Å²) in [6.07, 6.45) is 1.13. The van der Waals surface area contributed by atoms with Crippen molar-refractivity contribution in [2.24, 2.45) is 0 Å². The number of hydrogen-bond donors (Lipinski definition) is 8. The number of benzene rings is 2. The summed E-state index contributed by atoms with van der Waals surface area (Å²) in [6, 6.07) is 6.68. The number of nitrogens with zero attached hydrogens (tertiary/aromatic N) is 1. The van der Waals surface area contributed by atoms with Crippen molar-refractivity contribution in [2.45, 2.75) is 76.8 Å². The zero-order valence-electron chi connectivity index (χ0n) is 22.1. The van der Waals surface area contributed by atoms with Gasteiger partial charge in [-0.1, -0.05) is 17.7 Å². The number of carbonyl (C=O) groups is 1. The predicted octanol–water partition coefficient (Wildman–Crippen LogP) is 3.26. The Labute approximate surface area is 222 Å². The minimum atomic E-state index is -1.61. The topological polar surface area (TPSA) is 174 Å². The van der Waals surface area contributed by atoms with E-state index in [0.717, 1.165) is 16.5 Å². The van der Waals surface area contributed by atoms with Crippen LogP contribution in [0.3, 0.4) is 0 Å². The Morgan fingerprint density at radius 1 is 1.03 bits per heavy atom. The molecule has 3 rings (SSSR count). The first-order valence-electron chi connectivity index (χ1n) is 12.5. The Morgan fingerprint density at radius 2 is 1.71 bits per heavy atom. The highest BCUT2D eigenvalue weighted by molar-refractivity contribution is 6.15. The number of allylic oxidation sites excluding steroid dienone is 2. The van der Waals surface area contributed by atoms with Crippen molar-refractivity contribution < 1.29 is 40.5 Å². The lowest BCUT2D eigenvalue weighted by atomic mass is 9.91. The van der Waals surface area contributed by atoms with Crippen molar-refractivity contribution in [2.75, 3.05) is 16.8 Å². The van der Waals surface area contributed by atoms with Gasteiger partial charge in [-0.15, -0.1) is 0 Å². The van der Waals surface area contributed by atoms with Crippen molar-refractivity contribution >= 4 is 23.0 Å². The number of aliphatic hydroxyl groups is 4. The van der Waals surface area contributed by atoms with Crippen LogP contribution in [0.5, 0.6) is 17.2 Å². The molecule has 0 saturated carbocycles. The van der Waals surface area contributed by atoms with Gasteiger partial charge in [0.15, 0.2) is 0 Å². The molecule has 1 aliphatic rings. The van der Waals surface area contributed by atoms with Crippen LogP contribution in [0.4, 0.5) is 17.1 Å². The molecule has 0 aliphatic carbocycles. The Bertz CT molecular complexity index is 1200. The maximum atomic E-state index is 13.5. The van der Waals surface area contributed by atoms with Gasteiger partial charge in [-0.2, -0.15) is 0 Å². The van der Waals surface area contributed by atoms with E-state index in [4.69, 9.17) is 0 Å². The van der Waals surface area contributed by atoms with Gasteiger partial charge in [-0.3, -0.25) is 4.79 Å². The van der Waals surface area contributed by atoms with Crippen LogP contribution in [0.2, 0.25) is 0 Å². The number of carbonyl (C=O) groups excluding carboxylic acids is 1. The largest absolute Gasteiger partial charge is 0.508 e. The van der Waals surface area contributed by atoms with Crippen molar-refractivity contribution in [1.29, 1.82) is 0 Å². The summed E-state index contributed by atoms with van der Waals surface area (Å²) >= 11 is 0. The van der Waals surface area contributed by atoms with Gasteiger partial charge in [0.25, 0.3) is 5.91 Å². The average molecular weight is 531 g/mol. The van der Waals surface area contributed by atoms with Crippen molar-refractivity contribution in [3.63, 3.8) is 0 Å². The molecule has 208 valence electrons. The van der Waals surface area contributed by atoms with E-state index in [2.05, 4.69) is 5.32 Å². The van der Waals surface area contributed by atoms with E-state index in [-0.39, 0.29) is 52.8 Å². The SMILES string of the molecule is CC(=CCCC(C)(O)C(O)CN1C(=O)c2cccc(O)c2Nc2c(O)cc(O)cc21)CCC(O)C(C)(C)O. The third kappa shape index (κ3) is 6.57. The molecule has 3 atom stereocenters. The van der Waals surface area contributed by atoms with Crippen LogP contribution in [0, 0.1) is 0 Å². The highest BCUT2D eigenvalue weighted by Crippen LogP contribution is 2.46. The number of amides is 1. The third-order valence-electron chi connectivity index (χ3n) is 6.98. The van der Waals surface area contributed by atoms with Crippen LogP contribution in [-0.4, -0.2) is 71.6 Å². The van der Waals surface area contributed by atoms with Crippen LogP contribution in [0.1, 0.15) is 63.7 Å². The van der Waals surface area contributed by atoms with E-state index < -0.39 is 29.3 Å². The van der Waals surface area contributed by atoms with Crippen molar-refractivity contribution in [3.8, 4) is 17.2 Å². The predicted molar refractivity (Wildman–Crippen MR) is 144 cm³/mol. The third-order valence-corrected chi connectivity index (χ3v) is 6.98. The Morgan fingerprint density at radius 3 is 2.37 bits per heavy atom. The summed E-state index contributed by atoms with van der Waals surface area (Å²) < 4.78 is 0. The van der Waals surface area contributed by atoms with Gasteiger partial charge < -0.3 is 46.0 Å². The normalized spacial score (nSPS) is 17.1. The molecule has 0 fully saturated rings. The minimum Gasteiger partial charge on any atom is -0.508 e. The molecule has 10 nitrogen and oxygen atoms in total. The van der Waals surface area contributed by atoms with Crippen LogP contribution in [0.25, 0.3) is 0 Å².